The molecule has 0 aromatic heterocycles. The highest BCUT2D eigenvalue weighted by Crippen LogP contribution is 2.34. The van der Waals surface area contributed by atoms with Gasteiger partial charge in [0.2, 0.25) is 0 Å². The maximum Gasteiger partial charge on any atom is 0.306 e. The highest BCUT2D eigenvalue weighted by Gasteiger charge is 2.39. The van der Waals surface area contributed by atoms with Gasteiger partial charge in [0.1, 0.15) is 5.78 Å². The summed E-state index contributed by atoms with van der Waals surface area (Å²) in [5.74, 6) is -1.26. The van der Waals surface area contributed by atoms with Gasteiger partial charge >= 0.3 is 5.97 Å². The van der Waals surface area contributed by atoms with Gasteiger partial charge in [0, 0.05) is 18.3 Å². The summed E-state index contributed by atoms with van der Waals surface area (Å²) in [6.07, 6.45) is 10.5. The molecule has 0 radical (unpaired) electrons. The van der Waals surface area contributed by atoms with Crippen LogP contribution in [0.1, 0.15) is 78.1 Å². The second-order valence-corrected chi connectivity index (χ2v) is 7.76. The Morgan fingerprint density at radius 2 is 1.96 bits per heavy atom. The highest BCUT2D eigenvalue weighted by atomic mass is 16.4. The van der Waals surface area contributed by atoms with Crippen LogP contribution in [0.4, 0.5) is 0 Å². The zero-order chi connectivity index (χ0) is 19.5. The lowest BCUT2D eigenvalue weighted by atomic mass is 9.88. The average molecular weight is 369 g/mol. The van der Waals surface area contributed by atoms with E-state index in [1.54, 1.807) is 6.92 Å². The fourth-order valence-electron chi connectivity index (χ4n) is 3.66. The minimum Gasteiger partial charge on any atom is -0.481 e. The lowest BCUT2D eigenvalue weighted by Gasteiger charge is -2.18. The second-order valence-electron chi connectivity index (χ2n) is 7.76. The molecule has 0 bridgehead atoms. The molecule has 2 unspecified atom stereocenters. The second kappa shape index (κ2) is 12.2. The van der Waals surface area contributed by atoms with Gasteiger partial charge < -0.3 is 15.3 Å². The molecule has 5 nitrogen and oxygen atoms in total. The number of rotatable bonds is 13. The van der Waals surface area contributed by atoms with Crippen LogP contribution in [0.2, 0.25) is 0 Å². The number of aliphatic hydroxyl groups excluding tert-OH is 2. The number of carbonyl (C=O) groups excluding carboxylic acids is 1. The number of ketones is 1. The standard InChI is InChI=1S/C21H36O5/c1-3-4-10-16(22)11-8-13-18-17(19(23)14-20(18)24)12-7-5-6-9-15(2)21(25)26/h8,13,15-18,20,22,24H,3-7,9-12,14H2,1-2H3,(H,25,26)/b13-8+/t15?,16?,17-,18-,20-/m1/s1. The molecule has 26 heavy (non-hydrogen) atoms. The molecule has 0 aliphatic heterocycles. The molecule has 0 aromatic carbocycles. The van der Waals surface area contributed by atoms with E-state index in [1.807, 2.05) is 12.2 Å². The fraction of sp³-hybridized carbons (Fsp3) is 0.810. The SMILES string of the molecule is CCCCC(O)C/C=C/[C@H]1[C@H](O)CC(=O)[C@@H]1CCCCCC(C)C(=O)O. The van der Waals surface area contributed by atoms with Crippen molar-refractivity contribution in [3.05, 3.63) is 12.2 Å². The van der Waals surface area contributed by atoms with E-state index in [-0.39, 0.29) is 36.1 Å². The number of unbranched alkanes of at least 4 members (excludes halogenated alkanes) is 3. The van der Waals surface area contributed by atoms with E-state index in [9.17, 15) is 19.8 Å². The molecular formula is C21H36O5. The van der Waals surface area contributed by atoms with Gasteiger partial charge in [-0.2, -0.15) is 0 Å². The van der Waals surface area contributed by atoms with Gasteiger partial charge in [-0.3, -0.25) is 9.59 Å². The van der Waals surface area contributed by atoms with Crippen LogP contribution in [-0.4, -0.2) is 39.3 Å². The van der Waals surface area contributed by atoms with E-state index in [0.717, 1.165) is 44.9 Å². The van der Waals surface area contributed by atoms with Crippen LogP contribution in [0, 0.1) is 17.8 Å². The third kappa shape index (κ3) is 8.00. The lowest BCUT2D eigenvalue weighted by Crippen LogP contribution is -2.18. The molecule has 1 aliphatic carbocycles. The molecule has 1 rings (SSSR count). The van der Waals surface area contributed by atoms with Gasteiger partial charge in [0.05, 0.1) is 18.1 Å². The molecule has 5 heteroatoms. The predicted molar refractivity (Wildman–Crippen MR) is 102 cm³/mol. The summed E-state index contributed by atoms with van der Waals surface area (Å²) < 4.78 is 0. The van der Waals surface area contributed by atoms with Crippen molar-refractivity contribution in [1.29, 1.82) is 0 Å². The van der Waals surface area contributed by atoms with Gasteiger partial charge in [0.25, 0.3) is 0 Å². The van der Waals surface area contributed by atoms with Crippen molar-refractivity contribution in [3.8, 4) is 0 Å². The summed E-state index contributed by atoms with van der Waals surface area (Å²) in [4.78, 5) is 23.0. The Balaban J connectivity index is 2.39. The molecule has 0 saturated heterocycles. The summed E-state index contributed by atoms with van der Waals surface area (Å²) >= 11 is 0. The third-order valence-corrected chi connectivity index (χ3v) is 5.46. The van der Waals surface area contributed by atoms with Crippen molar-refractivity contribution in [2.24, 2.45) is 17.8 Å². The first-order valence-electron chi connectivity index (χ1n) is 10.1. The molecule has 0 amide bonds. The molecule has 5 atom stereocenters. The van der Waals surface area contributed by atoms with E-state index >= 15 is 0 Å². The zero-order valence-electron chi connectivity index (χ0n) is 16.3. The normalized spacial score (nSPS) is 25.7. The van der Waals surface area contributed by atoms with Gasteiger partial charge in [0.15, 0.2) is 0 Å². The molecular weight excluding hydrogens is 332 g/mol. The van der Waals surface area contributed by atoms with E-state index in [1.165, 1.54) is 0 Å². The van der Waals surface area contributed by atoms with Gasteiger partial charge in [-0.25, -0.2) is 0 Å². The van der Waals surface area contributed by atoms with Crippen molar-refractivity contribution in [2.75, 3.05) is 0 Å². The monoisotopic (exact) mass is 368 g/mol. The minimum atomic E-state index is -0.759. The Hall–Kier alpha value is -1.20. The first kappa shape index (κ1) is 22.8. The van der Waals surface area contributed by atoms with Crippen LogP contribution >= 0.6 is 0 Å². The van der Waals surface area contributed by atoms with Crippen molar-refractivity contribution in [2.45, 2.75) is 90.3 Å². The van der Waals surface area contributed by atoms with E-state index < -0.39 is 12.1 Å². The van der Waals surface area contributed by atoms with Crippen molar-refractivity contribution < 1.29 is 24.9 Å². The summed E-state index contributed by atoms with van der Waals surface area (Å²) in [6, 6.07) is 0. The Morgan fingerprint density at radius 1 is 1.23 bits per heavy atom. The molecule has 3 N–H and O–H groups in total. The topological polar surface area (TPSA) is 94.8 Å². The Morgan fingerprint density at radius 3 is 2.62 bits per heavy atom. The van der Waals surface area contributed by atoms with Crippen molar-refractivity contribution >= 4 is 11.8 Å². The maximum absolute atomic E-state index is 12.2. The largest absolute Gasteiger partial charge is 0.481 e. The van der Waals surface area contributed by atoms with Crippen molar-refractivity contribution in [3.63, 3.8) is 0 Å². The van der Waals surface area contributed by atoms with Crippen molar-refractivity contribution in [1.82, 2.24) is 0 Å². The van der Waals surface area contributed by atoms with Crippen LogP contribution in [0.25, 0.3) is 0 Å². The molecule has 1 aliphatic rings. The van der Waals surface area contributed by atoms with Gasteiger partial charge in [-0.15, -0.1) is 0 Å². The number of aliphatic carboxylic acids is 1. The lowest BCUT2D eigenvalue weighted by molar-refractivity contribution is -0.141. The Labute approximate surface area is 157 Å². The molecule has 0 heterocycles. The van der Waals surface area contributed by atoms with Crippen LogP contribution in [0.3, 0.4) is 0 Å². The Bertz CT molecular complexity index is 459. The quantitative estimate of drug-likeness (QED) is 0.340. The summed E-state index contributed by atoms with van der Waals surface area (Å²) in [5.41, 5.74) is 0. The van der Waals surface area contributed by atoms with Gasteiger partial charge in [-0.05, 0) is 25.7 Å². The maximum atomic E-state index is 12.2. The number of hydrogen-bond donors (Lipinski definition) is 3. The van der Waals surface area contributed by atoms with Crippen LogP contribution in [-0.2, 0) is 9.59 Å². The minimum absolute atomic E-state index is 0.123. The number of carboxylic acid groups (broad SMARTS) is 1. The molecule has 1 fully saturated rings. The molecule has 0 spiro atoms. The van der Waals surface area contributed by atoms with Crippen LogP contribution in [0.5, 0.6) is 0 Å². The van der Waals surface area contributed by atoms with E-state index in [2.05, 4.69) is 6.92 Å². The summed E-state index contributed by atoms with van der Waals surface area (Å²) in [6.45, 7) is 3.81. The first-order valence-corrected chi connectivity index (χ1v) is 10.1. The smallest absolute Gasteiger partial charge is 0.306 e. The number of aliphatic hydroxyl groups is 2. The number of carboxylic acids is 1. The molecule has 1 saturated carbocycles. The predicted octanol–water partition coefficient (Wildman–Crippen LogP) is 3.72. The summed E-state index contributed by atoms with van der Waals surface area (Å²) in [7, 11) is 0. The number of carbonyl (C=O) groups is 2. The van der Waals surface area contributed by atoms with Crippen LogP contribution < -0.4 is 0 Å². The van der Waals surface area contributed by atoms with E-state index in [4.69, 9.17) is 5.11 Å². The molecule has 150 valence electrons. The third-order valence-electron chi connectivity index (χ3n) is 5.46. The Kier molecular flexibility index (Phi) is 10.7. The van der Waals surface area contributed by atoms with E-state index in [0.29, 0.717) is 12.8 Å². The van der Waals surface area contributed by atoms with Gasteiger partial charge in [-0.1, -0.05) is 58.1 Å². The summed E-state index contributed by atoms with van der Waals surface area (Å²) in [5, 5.41) is 29.0. The first-order chi connectivity index (χ1) is 12.4. The highest BCUT2D eigenvalue weighted by molar-refractivity contribution is 5.84. The number of hydrogen-bond acceptors (Lipinski definition) is 4. The number of Topliss-reactive ketones (excluding diaryl/α,β-unsaturated/α-hetero) is 1. The fourth-order valence-corrected chi connectivity index (χ4v) is 3.66. The zero-order valence-corrected chi connectivity index (χ0v) is 16.3. The molecule has 0 aromatic rings. The average Bonchev–Trinajstić information content (AvgIpc) is 2.86. The van der Waals surface area contributed by atoms with Crippen LogP contribution in [0.15, 0.2) is 12.2 Å².